The maximum absolute atomic E-state index is 13.1. The van der Waals surface area contributed by atoms with Gasteiger partial charge in [-0.2, -0.15) is 13.2 Å². The van der Waals surface area contributed by atoms with Crippen LogP contribution in [0.1, 0.15) is 19.4 Å². The average Bonchev–Trinajstić information content (AvgIpc) is 2.89. The van der Waals surface area contributed by atoms with Gasteiger partial charge in [-0.15, -0.1) is 0 Å². The molecule has 22 heavy (non-hydrogen) atoms. The molecule has 0 bridgehead atoms. The van der Waals surface area contributed by atoms with Gasteiger partial charge in [0.25, 0.3) is 5.91 Å². The number of fused-ring (bicyclic) bond motifs is 3. The van der Waals surface area contributed by atoms with E-state index in [1.54, 1.807) is 4.90 Å². The molecule has 5 nitrogen and oxygen atoms in total. The Hall–Kier alpha value is -1.70. The molecule has 3 rings (SSSR count). The van der Waals surface area contributed by atoms with Crippen molar-refractivity contribution in [2.45, 2.75) is 32.1 Å². The van der Waals surface area contributed by atoms with Gasteiger partial charge in [-0.25, -0.2) is 0 Å². The molecule has 1 amide bonds. The van der Waals surface area contributed by atoms with Crippen molar-refractivity contribution in [1.82, 2.24) is 4.90 Å². The molecule has 0 saturated carbocycles. The summed E-state index contributed by atoms with van der Waals surface area (Å²) < 4.78 is 44.4. The van der Waals surface area contributed by atoms with E-state index in [1.807, 2.05) is 13.8 Å². The Morgan fingerprint density at radius 1 is 1.32 bits per heavy atom. The standard InChI is InChI=1S/C14H18F3N3O2/c1-8(2)19-4-5-20-10(6-19)12(21)18(3)11-9(14(15,16)17)7-22-13(11)20/h7-8,10H,4-6H2,1-3H3. The lowest BCUT2D eigenvalue weighted by Crippen LogP contribution is -2.63. The number of nitrogens with zero attached hydrogens (tertiary/aromatic N) is 3. The van der Waals surface area contributed by atoms with Crippen molar-refractivity contribution in [3.8, 4) is 0 Å². The summed E-state index contributed by atoms with van der Waals surface area (Å²) in [4.78, 5) is 17.4. The van der Waals surface area contributed by atoms with Crippen LogP contribution in [0.15, 0.2) is 10.7 Å². The summed E-state index contributed by atoms with van der Waals surface area (Å²) >= 11 is 0. The van der Waals surface area contributed by atoms with E-state index in [-0.39, 0.29) is 23.5 Å². The molecule has 0 N–H and O–H groups in total. The van der Waals surface area contributed by atoms with E-state index in [9.17, 15) is 18.0 Å². The fourth-order valence-electron chi connectivity index (χ4n) is 3.13. The molecule has 8 heteroatoms. The maximum Gasteiger partial charge on any atom is 0.421 e. The van der Waals surface area contributed by atoms with E-state index in [0.29, 0.717) is 25.9 Å². The van der Waals surface area contributed by atoms with Gasteiger partial charge in [-0.1, -0.05) is 0 Å². The van der Waals surface area contributed by atoms with E-state index in [0.717, 1.165) is 4.90 Å². The second-order valence-corrected chi connectivity index (χ2v) is 6.00. The quantitative estimate of drug-likeness (QED) is 0.796. The van der Waals surface area contributed by atoms with E-state index in [2.05, 4.69) is 4.90 Å². The molecular weight excluding hydrogens is 299 g/mol. The molecule has 2 aliphatic heterocycles. The van der Waals surface area contributed by atoms with Gasteiger partial charge in [-0.05, 0) is 13.8 Å². The summed E-state index contributed by atoms with van der Waals surface area (Å²) in [6.45, 7) is 5.72. The Morgan fingerprint density at radius 3 is 2.59 bits per heavy atom. The Labute approximate surface area is 126 Å². The number of likely N-dealkylation sites (N-methyl/N-ethyl adjacent to an activating group) is 1. The van der Waals surface area contributed by atoms with Crippen molar-refractivity contribution in [2.24, 2.45) is 0 Å². The van der Waals surface area contributed by atoms with Crippen molar-refractivity contribution < 1.29 is 22.4 Å². The van der Waals surface area contributed by atoms with E-state index >= 15 is 0 Å². The fraction of sp³-hybridized carbons (Fsp3) is 0.643. The predicted molar refractivity (Wildman–Crippen MR) is 75.0 cm³/mol. The molecule has 1 fully saturated rings. The number of hydrogen-bond donors (Lipinski definition) is 0. The first-order valence-corrected chi connectivity index (χ1v) is 7.18. The van der Waals surface area contributed by atoms with Crippen molar-refractivity contribution >= 4 is 17.5 Å². The smallest absolute Gasteiger partial charge is 0.421 e. The monoisotopic (exact) mass is 317 g/mol. The molecule has 1 atom stereocenters. The molecule has 1 aromatic rings. The Bertz CT molecular complexity index is 597. The van der Waals surface area contributed by atoms with Crippen LogP contribution in [0.3, 0.4) is 0 Å². The highest BCUT2D eigenvalue weighted by Crippen LogP contribution is 2.47. The first kappa shape index (κ1) is 15.2. The topological polar surface area (TPSA) is 39.9 Å². The number of carbonyl (C=O) groups is 1. The fourth-order valence-corrected chi connectivity index (χ4v) is 3.13. The van der Waals surface area contributed by atoms with Crippen LogP contribution in [0.5, 0.6) is 0 Å². The van der Waals surface area contributed by atoms with Gasteiger partial charge in [0.15, 0.2) is 0 Å². The normalized spacial score (nSPS) is 23.0. The van der Waals surface area contributed by atoms with Crippen LogP contribution in [0, 0.1) is 0 Å². The number of amides is 1. The van der Waals surface area contributed by atoms with Gasteiger partial charge in [0, 0.05) is 32.7 Å². The summed E-state index contributed by atoms with van der Waals surface area (Å²) in [6, 6.07) is -0.218. The number of carbonyl (C=O) groups excluding carboxylic acids is 1. The number of halogens is 3. The highest BCUT2D eigenvalue weighted by Gasteiger charge is 2.48. The second kappa shape index (κ2) is 4.91. The zero-order valence-electron chi connectivity index (χ0n) is 12.6. The van der Waals surface area contributed by atoms with E-state index in [1.165, 1.54) is 7.05 Å². The van der Waals surface area contributed by atoms with E-state index < -0.39 is 17.8 Å². The molecule has 0 radical (unpaired) electrons. The zero-order chi connectivity index (χ0) is 16.2. The Kier molecular flexibility index (Phi) is 3.39. The minimum absolute atomic E-state index is 0.142. The number of rotatable bonds is 1. The molecule has 0 spiro atoms. The van der Waals surface area contributed by atoms with Crippen LogP contribution in [0.4, 0.5) is 24.7 Å². The molecule has 2 aliphatic rings. The summed E-state index contributed by atoms with van der Waals surface area (Å²) in [6.07, 6.45) is -3.84. The van der Waals surface area contributed by atoms with Crippen LogP contribution in [-0.2, 0) is 11.0 Å². The first-order valence-electron chi connectivity index (χ1n) is 7.18. The third-order valence-electron chi connectivity index (χ3n) is 4.41. The van der Waals surface area contributed by atoms with Gasteiger partial charge in [-0.3, -0.25) is 9.69 Å². The van der Waals surface area contributed by atoms with Gasteiger partial charge >= 0.3 is 6.18 Å². The summed E-state index contributed by atoms with van der Waals surface area (Å²) in [7, 11) is 1.37. The number of hydrogen-bond acceptors (Lipinski definition) is 4. The minimum Gasteiger partial charge on any atom is -0.446 e. The highest BCUT2D eigenvalue weighted by atomic mass is 19.4. The average molecular weight is 317 g/mol. The number of furan rings is 1. The summed E-state index contributed by atoms with van der Waals surface area (Å²) in [5.41, 5.74) is -1.07. The van der Waals surface area contributed by atoms with Crippen LogP contribution >= 0.6 is 0 Å². The molecule has 0 aromatic carbocycles. The number of anilines is 2. The zero-order valence-corrected chi connectivity index (χ0v) is 12.6. The maximum atomic E-state index is 13.1. The minimum atomic E-state index is -4.54. The molecule has 1 aromatic heterocycles. The highest BCUT2D eigenvalue weighted by molar-refractivity contribution is 6.05. The number of alkyl halides is 3. The lowest BCUT2D eigenvalue weighted by atomic mass is 10.0. The van der Waals surface area contributed by atoms with Gasteiger partial charge < -0.3 is 14.2 Å². The van der Waals surface area contributed by atoms with Gasteiger partial charge in [0.1, 0.15) is 23.6 Å². The SMILES string of the molecule is CC(C)N1CCN2c3occ(C(F)(F)F)c3N(C)C(=O)C2C1. The molecule has 122 valence electrons. The summed E-state index contributed by atoms with van der Waals surface area (Å²) in [5.74, 6) is -0.187. The largest absolute Gasteiger partial charge is 0.446 e. The summed E-state index contributed by atoms with van der Waals surface area (Å²) in [5, 5.41) is 0. The van der Waals surface area contributed by atoms with Gasteiger partial charge in [0.05, 0.1) is 0 Å². The molecule has 1 unspecified atom stereocenters. The van der Waals surface area contributed by atoms with Crippen LogP contribution < -0.4 is 9.80 Å². The lowest BCUT2D eigenvalue weighted by Gasteiger charge is -2.46. The third kappa shape index (κ3) is 2.16. The Morgan fingerprint density at radius 2 is 2.00 bits per heavy atom. The molecule has 3 heterocycles. The predicted octanol–water partition coefficient (Wildman–Crippen LogP) is 2.17. The van der Waals surface area contributed by atoms with Crippen molar-refractivity contribution in [1.29, 1.82) is 0 Å². The van der Waals surface area contributed by atoms with Crippen molar-refractivity contribution in [2.75, 3.05) is 36.5 Å². The van der Waals surface area contributed by atoms with Gasteiger partial charge in [0.2, 0.25) is 5.88 Å². The van der Waals surface area contributed by atoms with Crippen LogP contribution in [-0.4, -0.2) is 49.6 Å². The van der Waals surface area contributed by atoms with E-state index in [4.69, 9.17) is 4.42 Å². The molecule has 0 aliphatic carbocycles. The molecular formula is C14H18F3N3O2. The van der Waals surface area contributed by atoms with Crippen LogP contribution in [0.25, 0.3) is 0 Å². The lowest BCUT2D eigenvalue weighted by molar-refractivity contribution is -0.137. The van der Waals surface area contributed by atoms with Crippen molar-refractivity contribution in [3.05, 3.63) is 11.8 Å². The van der Waals surface area contributed by atoms with Crippen molar-refractivity contribution in [3.63, 3.8) is 0 Å². The second-order valence-electron chi connectivity index (χ2n) is 6.00. The third-order valence-corrected chi connectivity index (χ3v) is 4.41. The van der Waals surface area contributed by atoms with Crippen LogP contribution in [0.2, 0.25) is 0 Å². The first-order chi connectivity index (χ1) is 10.2. The Balaban J connectivity index is 2.01. The molecule has 1 saturated heterocycles. The number of piperazine rings is 1.